The van der Waals surface area contributed by atoms with E-state index in [1.54, 1.807) is 30.3 Å². The molecule has 0 saturated carbocycles. The van der Waals surface area contributed by atoms with Crippen LogP contribution in [0.4, 0.5) is 0 Å². The van der Waals surface area contributed by atoms with Gasteiger partial charge in [0.25, 0.3) is 0 Å². The van der Waals surface area contributed by atoms with E-state index in [1.807, 2.05) is 31.2 Å². The quantitative estimate of drug-likeness (QED) is 0.778. The van der Waals surface area contributed by atoms with Crippen LogP contribution in [0.5, 0.6) is 0 Å². The summed E-state index contributed by atoms with van der Waals surface area (Å²) in [6.45, 7) is 2.22. The van der Waals surface area contributed by atoms with Crippen molar-refractivity contribution < 1.29 is 8.42 Å². The molecule has 0 saturated heterocycles. The topological polar surface area (TPSA) is 62.0 Å². The minimum Gasteiger partial charge on any atom is -0.358 e. The van der Waals surface area contributed by atoms with Crippen molar-refractivity contribution in [2.75, 3.05) is 0 Å². The molecular formula is C16H16N2O2S. The van der Waals surface area contributed by atoms with Crippen LogP contribution < -0.4 is 4.72 Å². The van der Waals surface area contributed by atoms with E-state index in [4.69, 9.17) is 0 Å². The van der Waals surface area contributed by atoms with Gasteiger partial charge < -0.3 is 4.98 Å². The smallest absolute Gasteiger partial charge is 0.240 e. The molecule has 0 aliphatic rings. The Bertz CT molecular complexity index is 868. The number of aromatic amines is 1. The van der Waals surface area contributed by atoms with Gasteiger partial charge in [-0.2, -0.15) is 0 Å². The summed E-state index contributed by atoms with van der Waals surface area (Å²) in [7, 11) is -3.49. The number of fused-ring (bicyclic) bond motifs is 1. The molecule has 0 bridgehead atoms. The fourth-order valence-electron chi connectivity index (χ4n) is 2.41. The predicted molar refractivity (Wildman–Crippen MR) is 83.5 cm³/mol. The van der Waals surface area contributed by atoms with Crippen molar-refractivity contribution in [1.29, 1.82) is 0 Å². The highest BCUT2D eigenvalue weighted by Crippen LogP contribution is 2.22. The standard InChI is InChI=1S/C16H16N2O2S/c1-12-15(14-9-5-6-10-16(14)18-12)11-17-21(19,20)13-7-3-2-4-8-13/h2-10,17-18H,11H2,1H3. The van der Waals surface area contributed by atoms with E-state index < -0.39 is 10.0 Å². The minimum absolute atomic E-state index is 0.271. The normalized spacial score (nSPS) is 11.9. The van der Waals surface area contributed by atoms with Gasteiger partial charge in [0.15, 0.2) is 0 Å². The third-order valence-electron chi connectivity index (χ3n) is 3.52. The van der Waals surface area contributed by atoms with Crippen LogP contribution in [0.25, 0.3) is 10.9 Å². The largest absolute Gasteiger partial charge is 0.358 e. The van der Waals surface area contributed by atoms with Crippen LogP contribution in [0.1, 0.15) is 11.3 Å². The zero-order valence-electron chi connectivity index (χ0n) is 11.6. The van der Waals surface area contributed by atoms with Crippen LogP contribution in [-0.2, 0) is 16.6 Å². The van der Waals surface area contributed by atoms with E-state index in [0.29, 0.717) is 0 Å². The summed E-state index contributed by atoms with van der Waals surface area (Å²) in [5, 5.41) is 1.05. The summed E-state index contributed by atoms with van der Waals surface area (Å²) >= 11 is 0. The fourth-order valence-corrected chi connectivity index (χ4v) is 3.43. The fraction of sp³-hybridized carbons (Fsp3) is 0.125. The van der Waals surface area contributed by atoms with Gasteiger partial charge in [0.05, 0.1) is 4.90 Å². The first-order valence-electron chi connectivity index (χ1n) is 6.69. The highest BCUT2D eigenvalue weighted by molar-refractivity contribution is 7.89. The van der Waals surface area contributed by atoms with Crippen molar-refractivity contribution in [3.05, 3.63) is 65.9 Å². The first kappa shape index (κ1) is 13.9. The molecule has 0 unspecified atom stereocenters. The molecule has 3 aromatic rings. The lowest BCUT2D eigenvalue weighted by Crippen LogP contribution is -2.23. The Hall–Kier alpha value is -2.11. The highest BCUT2D eigenvalue weighted by atomic mass is 32.2. The van der Waals surface area contributed by atoms with Crippen molar-refractivity contribution in [3.63, 3.8) is 0 Å². The average Bonchev–Trinajstić information content (AvgIpc) is 2.81. The Morgan fingerprint density at radius 2 is 1.67 bits per heavy atom. The number of aromatic nitrogens is 1. The molecule has 4 nitrogen and oxygen atoms in total. The third-order valence-corrected chi connectivity index (χ3v) is 4.94. The van der Waals surface area contributed by atoms with Gasteiger partial charge in [-0.3, -0.25) is 0 Å². The Balaban J connectivity index is 1.89. The summed E-state index contributed by atoms with van der Waals surface area (Å²) in [6.07, 6.45) is 0. The first-order valence-corrected chi connectivity index (χ1v) is 8.17. The molecule has 0 amide bonds. The second-order valence-electron chi connectivity index (χ2n) is 4.91. The zero-order chi connectivity index (χ0) is 14.9. The van der Waals surface area contributed by atoms with Gasteiger partial charge in [-0.1, -0.05) is 36.4 Å². The number of H-pyrrole nitrogens is 1. The Morgan fingerprint density at radius 1 is 1.00 bits per heavy atom. The van der Waals surface area contributed by atoms with E-state index in [9.17, 15) is 8.42 Å². The van der Waals surface area contributed by atoms with Crippen molar-refractivity contribution in [3.8, 4) is 0 Å². The molecule has 2 aromatic carbocycles. The minimum atomic E-state index is -3.49. The molecule has 0 atom stereocenters. The molecule has 3 rings (SSSR count). The molecule has 21 heavy (non-hydrogen) atoms. The SMILES string of the molecule is Cc1[nH]c2ccccc2c1CNS(=O)(=O)c1ccccc1. The molecule has 0 spiro atoms. The summed E-state index contributed by atoms with van der Waals surface area (Å²) in [5.74, 6) is 0. The van der Waals surface area contributed by atoms with Crippen molar-refractivity contribution in [2.24, 2.45) is 0 Å². The monoisotopic (exact) mass is 300 g/mol. The molecule has 0 aliphatic carbocycles. The van der Waals surface area contributed by atoms with Gasteiger partial charge in [-0.25, -0.2) is 13.1 Å². The predicted octanol–water partition coefficient (Wildman–Crippen LogP) is 2.95. The van der Waals surface area contributed by atoms with E-state index in [-0.39, 0.29) is 11.4 Å². The first-order chi connectivity index (χ1) is 10.1. The lowest BCUT2D eigenvalue weighted by molar-refractivity contribution is 0.581. The molecule has 0 aliphatic heterocycles. The molecule has 1 heterocycles. The summed E-state index contributed by atoms with van der Waals surface area (Å²) in [4.78, 5) is 3.55. The second kappa shape index (κ2) is 5.35. The number of sulfonamides is 1. The maximum atomic E-state index is 12.3. The van der Waals surface area contributed by atoms with E-state index in [1.165, 1.54) is 0 Å². The van der Waals surface area contributed by atoms with Crippen molar-refractivity contribution in [2.45, 2.75) is 18.4 Å². The lowest BCUT2D eigenvalue weighted by atomic mass is 10.1. The van der Waals surface area contributed by atoms with Gasteiger partial charge in [0, 0.05) is 23.1 Å². The highest BCUT2D eigenvalue weighted by Gasteiger charge is 2.15. The van der Waals surface area contributed by atoms with Crippen LogP contribution >= 0.6 is 0 Å². The molecule has 0 fully saturated rings. The van der Waals surface area contributed by atoms with Crippen LogP contribution in [0.2, 0.25) is 0 Å². The van der Waals surface area contributed by atoms with Crippen LogP contribution in [-0.4, -0.2) is 13.4 Å². The number of nitrogens with one attached hydrogen (secondary N) is 2. The zero-order valence-corrected chi connectivity index (χ0v) is 12.4. The number of aryl methyl sites for hydroxylation is 1. The number of hydrogen-bond acceptors (Lipinski definition) is 2. The van der Waals surface area contributed by atoms with Gasteiger partial charge in [-0.05, 0) is 30.7 Å². The Morgan fingerprint density at radius 3 is 2.43 bits per heavy atom. The average molecular weight is 300 g/mol. The molecule has 2 N–H and O–H groups in total. The molecular weight excluding hydrogens is 284 g/mol. The molecule has 1 aromatic heterocycles. The summed E-state index contributed by atoms with van der Waals surface area (Å²) in [5.41, 5.74) is 2.97. The lowest BCUT2D eigenvalue weighted by Gasteiger charge is -2.07. The molecule has 108 valence electrons. The maximum absolute atomic E-state index is 12.3. The molecule has 0 radical (unpaired) electrons. The Labute approximate surface area is 123 Å². The number of benzene rings is 2. The van der Waals surface area contributed by atoms with E-state index >= 15 is 0 Å². The summed E-state index contributed by atoms with van der Waals surface area (Å²) in [6, 6.07) is 16.3. The van der Waals surface area contributed by atoms with Gasteiger partial charge in [-0.15, -0.1) is 0 Å². The number of para-hydroxylation sites is 1. The maximum Gasteiger partial charge on any atom is 0.240 e. The van der Waals surface area contributed by atoms with Gasteiger partial charge >= 0.3 is 0 Å². The van der Waals surface area contributed by atoms with Crippen LogP contribution in [0, 0.1) is 6.92 Å². The third kappa shape index (κ3) is 2.70. The van der Waals surface area contributed by atoms with Gasteiger partial charge in [0.1, 0.15) is 0 Å². The second-order valence-corrected chi connectivity index (χ2v) is 6.68. The number of rotatable bonds is 4. The van der Waals surface area contributed by atoms with Crippen LogP contribution in [0.15, 0.2) is 59.5 Å². The summed E-state index contributed by atoms with van der Waals surface area (Å²) < 4.78 is 27.2. The number of hydrogen-bond donors (Lipinski definition) is 2. The van der Waals surface area contributed by atoms with Crippen molar-refractivity contribution in [1.82, 2.24) is 9.71 Å². The van der Waals surface area contributed by atoms with E-state index in [2.05, 4.69) is 9.71 Å². The van der Waals surface area contributed by atoms with Gasteiger partial charge in [0.2, 0.25) is 10.0 Å². The van der Waals surface area contributed by atoms with Crippen LogP contribution in [0.3, 0.4) is 0 Å². The van der Waals surface area contributed by atoms with Crippen molar-refractivity contribution >= 4 is 20.9 Å². The van der Waals surface area contributed by atoms with E-state index in [0.717, 1.165) is 22.2 Å². The molecule has 5 heteroatoms. The Kier molecular flexibility index (Phi) is 3.53.